The van der Waals surface area contributed by atoms with Gasteiger partial charge in [0.05, 0.1) is 12.1 Å². The van der Waals surface area contributed by atoms with Crippen LogP contribution in [0.5, 0.6) is 0 Å². The maximum atomic E-state index is 10.4. The minimum atomic E-state index is -0.495. The summed E-state index contributed by atoms with van der Waals surface area (Å²) in [6.45, 7) is 0. The molecule has 19 heavy (non-hydrogen) atoms. The Hall–Kier alpha value is -0.770. The third-order valence-electron chi connectivity index (χ3n) is 4.11. The van der Waals surface area contributed by atoms with Crippen molar-refractivity contribution in [3.63, 3.8) is 0 Å². The lowest BCUT2D eigenvalue weighted by Crippen LogP contribution is -2.32. The third-order valence-corrected chi connectivity index (χ3v) is 4.44. The number of aliphatic hydroxyl groups excluding tert-OH is 1. The molecule has 0 unspecified atom stereocenters. The van der Waals surface area contributed by atoms with Crippen LogP contribution in [0, 0.1) is 5.92 Å². The first-order valence-electron chi connectivity index (χ1n) is 6.91. The molecule has 0 saturated heterocycles. The van der Waals surface area contributed by atoms with Gasteiger partial charge in [-0.25, -0.2) is 0 Å². The van der Waals surface area contributed by atoms with E-state index in [9.17, 15) is 5.11 Å². The second-order valence-electron chi connectivity index (χ2n) is 5.66. The first-order chi connectivity index (χ1) is 9.00. The van der Waals surface area contributed by atoms with Gasteiger partial charge in [0.25, 0.3) is 0 Å². The molecule has 1 aliphatic rings. The van der Waals surface area contributed by atoms with Crippen molar-refractivity contribution in [2.24, 2.45) is 11.7 Å². The van der Waals surface area contributed by atoms with Crippen LogP contribution in [-0.2, 0) is 0 Å². The number of halogens is 1. The van der Waals surface area contributed by atoms with E-state index >= 15 is 0 Å². The first-order valence-corrected chi connectivity index (χ1v) is 7.29. The van der Waals surface area contributed by atoms with Gasteiger partial charge in [-0.05, 0) is 36.5 Å². The summed E-state index contributed by atoms with van der Waals surface area (Å²) in [4.78, 5) is 1.99. The lowest BCUT2D eigenvalue weighted by Gasteiger charge is -2.26. The fourth-order valence-electron chi connectivity index (χ4n) is 2.84. The standard InChI is InChI=1S/C15H23ClN2O/c1-18(2)11-7-8-12(13(16)9-11)14(17)15(19)10-5-3-4-6-10/h7-10,14-15,19H,3-6,17H2,1-2H3/t14-,15+/m1/s1. The van der Waals surface area contributed by atoms with Crippen molar-refractivity contribution in [3.05, 3.63) is 28.8 Å². The molecule has 1 aromatic carbocycles. The maximum Gasteiger partial charge on any atom is 0.0761 e. The van der Waals surface area contributed by atoms with E-state index in [1.54, 1.807) is 0 Å². The first kappa shape index (κ1) is 14.6. The smallest absolute Gasteiger partial charge is 0.0761 e. The molecule has 106 valence electrons. The normalized spacial score (nSPS) is 19.4. The number of benzene rings is 1. The van der Waals surface area contributed by atoms with Crippen molar-refractivity contribution in [1.82, 2.24) is 0 Å². The van der Waals surface area contributed by atoms with Crippen LogP contribution in [0.3, 0.4) is 0 Å². The van der Waals surface area contributed by atoms with Crippen molar-refractivity contribution >= 4 is 17.3 Å². The van der Waals surface area contributed by atoms with Crippen molar-refractivity contribution in [2.45, 2.75) is 37.8 Å². The Morgan fingerprint density at radius 2 is 1.95 bits per heavy atom. The molecule has 0 radical (unpaired) electrons. The Morgan fingerprint density at radius 1 is 1.32 bits per heavy atom. The molecule has 0 amide bonds. The van der Waals surface area contributed by atoms with Gasteiger partial charge in [0.1, 0.15) is 0 Å². The van der Waals surface area contributed by atoms with Crippen LogP contribution in [0.15, 0.2) is 18.2 Å². The fraction of sp³-hybridized carbons (Fsp3) is 0.600. The Morgan fingerprint density at radius 3 is 2.47 bits per heavy atom. The predicted molar refractivity (Wildman–Crippen MR) is 80.7 cm³/mol. The quantitative estimate of drug-likeness (QED) is 0.893. The summed E-state index contributed by atoms with van der Waals surface area (Å²) >= 11 is 6.30. The number of rotatable bonds is 4. The molecule has 1 aliphatic carbocycles. The molecule has 4 heteroatoms. The van der Waals surface area contributed by atoms with Crippen molar-refractivity contribution in [1.29, 1.82) is 0 Å². The van der Waals surface area contributed by atoms with E-state index in [0.717, 1.165) is 24.1 Å². The molecule has 2 atom stereocenters. The van der Waals surface area contributed by atoms with Gasteiger partial charge in [-0.1, -0.05) is 30.5 Å². The molecule has 0 heterocycles. The molecule has 3 nitrogen and oxygen atoms in total. The minimum absolute atomic E-state index is 0.319. The molecular weight excluding hydrogens is 260 g/mol. The number of nitrogens with zero attached hydrogens (tertiary/aromatic N) is 1. The van der Waals surface area contributed by atoms with Gasteiger partial charge < -0.3 is 15.7 Å². The van der Waals surface area contributed by atoms with Gasteiger partial charge in [-0.3, -0.25) is 0 Å². The number of nitrogens with two attached hydrogens (primary N) is 1. The van der Waals surface area contributed by atoms with Crippen LogP contribution < -0.4 is 10.6 Å². The molecule has 0 bridgehead atoms. The molecule has 1 fully saturated rings. The summed E-state index contributed by atoms with van der Waals surface area (Å²) in [6, 6.07) is 5.42. The maximum absolute atomic E-state index is 10.4. The number of hydrogen-bond donors (Lipinski definition) is 2. The van der Waals surface area contributed by atoms with Gasteiger partial charge in [-0.15, -0.1) is 0 Å². The van der Waals surface area contributed by atoms with Crippen LogP contribution in [0.4, 0.5) is 5.69 Å². The van der Waals surface area contributed by atoms with Crippen LogP contribution >= 0.6 is 11.6 Å². The molecule has 1 aromatic rings. The van der Waals surface area contributed by atoms with Gasteiger partial charge in [0.15, 0.2) is 0 Å². The SMILES string of the molecule is CN(C)c1ccc([C@@H](N)[C@@H](O)C2CCCC2)c(Cl)c1. The average Bonchev–Trinajstić information content (AvgIpc) is 2.90. The lowest BCUT2D eigenvalue weighted by molar-refractivity contribution is 0.0845. The van der Waals surface area contributed by atoms with E-state index in [0.29, 0.717) is 10.9 Å². The Labute approximate surface area is 120 Å². The number of hydrogen-bond acceptors (Lipinski definition) is 3. The van der Waals surface area contributed by atoms with Gasteiger partial charge >= 0.3 is 0 Å². The topological polar surface area (TPSA) is 49.5 Å². The highest BCUT2D eigenvalue weighted by Crippen LogP contribution is 2.35. The molecule has 0 spiro atoms. The summed E-state index contributed by atoms with van der Waals surface area (Å²) in [5.74, 6) is 0.319. The lowest BCUT2D eigenvalue weighted by atomic mass is 9.91. The third kappa shape index (κ3) is 3.22. The summed E-state index contributed by atoms with van der Waals surface area (Å²) in [5.41, 5.74) is 8.08. The van der Waals surface area contributed by atoms with E-state index in [-0.39, 0.29) is 0 Å². The Bertz CT molecular complexity index is 430. The van der Waals surface area contributed by atoms with Crippen molar-refractivity contribution in [3.8, 4) is 0 Å². The van der Waals surface area contributed by atoms with Crippen LogP contribution in [-0.4, -0.2) is 25.3 Å². The summed E-state index contributed by atoms with van der Waals surface area (Å²) in [7, 11) is 3.94. The van der Waals surface area contributed by atoms with Crippen LogP contribution in [0.25, 0.3) is 0 Å². The van der Waals surface area contributed by atoms with E-state index in [4.69, 9.17) is 17.3 Å². The minimum Gasteiger partial charge on any atom is -0.391 e. The second kappa shape index (κ2) is 6.12. The number of aliphatic hydroxyl groups is 1. The monoisotopic (exact) mass is 282 g/mol. The highest BCUT2D eigenvalue weighted by atomic mass is 35.5. The average molecular weight is 283 g/mol. The summed E-state index contributed by atoms with van der Waals surface area (Å²) in [5, 5.41) is 11.0. The van der Waals surface area contributed by atoms with Gasteiger partial charge in [0.2, 0.25) is 0 Å². The van der Waals surface area contributed by atoms with E-state index in [1.807, 2.05) is 37.2 Å². The van der Waals surface area contributed by atoms with Gasteiger partial charge in [0, 0.05) is 24.8 Å². The van der Waals surface area contributed by atoms with Crippen molar-refractivity contribution in [2.75, 3.05) is 19.0 Å². The van der Waals surface area contributed by atoms with Crippen molar-refractivity contribution < 1.29 is 5.11 Å². The highest BCUT2D eigenvalue weighted by molar-refractivity contribution is 6.31. The van der Waals surface area contributed by atoms with E-state index < -0.39 is 12.1 Å². The fourth-order valence-corrected chi connectivity index (χ4v) is 3.14. The molecule has 3 N–H and O–H groups in total. The van der Waals surface area contributed by atoms with E-state index in [1.165, 1.54) is 12.8 Å². The van der Waals surface area contributed by atoms with E-state index in [2.05, 4.69) is 0 Å². The van der Waals surface area contributed by atoms with Crippen LogP contribution in [0.2, 0.25) is 5.02 Å². The molecule has 2 rings (SSSR count). The molecular formula is C15H23ClN2O. The Balaban J connectivity index is 2.16. The predicted octanol–water partition coefficient (Wildman–Crippen LogP) is 2.96. The highest BCUT2D eigenvalue weighted by Gasteiger charge is 2.29. The van der Waals surface area contributed by atoms with Crippen LogP contribution in [0.1, 0.15) is 37.3 Å². The Kier molecular flexibility index (Phi) is 4.71. The molecule has 1 saturated carbocycles. The molecule has 0 aliphatic heterocycles. The summed E-state index contributed by atoms with van der Waals surface area (Å²) < 4.78 is 0. The zero-order valence-corrected chi connectivity index (χ0v) is 12.4. The van der Waals surface area contributed by atoms with Gasteiger partial charge in [-0.2, -0.15) is 0 Å². The zero-order chi connectivity index (χ0) is 14.0. The number of anilines is 1. The largest absolute Gasteiger partial charge is 0.391 e. The zero-order valence-electron chi connectivity index (χ0n) is 11.6. The molecule has 0 aromatic heterocycles. The summed E-state index contributed by atoms with van der Waals surface area (Å²) in [6.07, 6.45) is 4.04. The second-order valence-corrected chi connectivity index (χ2v) is 6.07.